The molecule has 1 amide bonds. The highest BCUT2D eigenvalue weighted by atomic mass is 35.5. The highest BCUT2D eigenvalue weighted by molar-refractivity contribution is 6.52. The lowest BCUT2D eigenvalue weighted by Crippen LogP contribution is -2.99. The number of rotatable bonds is 7. The number of Topliss-reactive ketones (excluding diaryl/α,β-unsaturated/α-hetero) is 2. The summed E-state index contributed by atoms with van der Waals surface area (Å²) in [5.74, 6) is -8.01. The number of quaternary nitrogens is 1. The Balaban J connectivity index is 2.03. The van der Waals surface area contributed by atoms with Gasteiger partial charge in [-0.3, -0.25) is 19.2 Å². The van der Waals surface area contributed by atoms with Gasteiger partial charge in [0, 0.05) is 22.8 Å². The minimum atomic E-state index is -2.20. The van der Waals surface area contributed by atoms with Gasteiger partial charge in [-0.2, -0.15) is 5.23 Å². The van der Waals surface area contributed by atoms with Gasteiger partial charge in [0.05, 0.1) is 18.1 Å². The average molecular weight is 475 g/mol. The molecule has 0 fully saturated rings. The van der Waals surface area contributed by atoms with Crippen molar-refractivity contribution in [1.29, 1.82) is 0 Å². The van der Waals surface area contributed by atoms with Crippen molar-refractivity contribution < 1.29 is 34.3 Å². The number of amides is 1. The number of nitrogens with one attached hydrogen (secondary N) is 3. The lowest BCUT2D eigenvalue weighted by atomic mass is 9.94. The maximum Gasteiger partial charge on any atom is 0.375 e. The molecule has 12 nitrogen and oxygen atoms in total. The number of hydrogen-bond donors (Lipinski definition) is 4. The van der Waals surface area contributed by atoms with Crippen LogP contribution in [0.4, 0.5) is 11.4 Å². The minimum Gasteiger partial charge on any atom is -0.595 e. The molecule has 0 bridgehead atoms. The quantitative estimate of drug-likeness (QED) is 0.158. The number of nitrogens with zero attached hydrogens (tertiary/aromatic N) is 1. The fourth-order valence-electron chi connectivity index (χ4n) is 2.91. The number of ketones is 2. The number of carbonyl (C=O) groups excluding carboxylic acids is 4. The summed E-state index contributed by atoms with van der Waals surface area (Å²) in [5, 5.41) is 21.3. The normalized spacial score (nSPS) is 12.6. The van der Waals surface area contributed by atoms with Crippen LogP contribution in [0.5, 0.6) is 0 Å². The monoisotopic (exact) mass is 474 g/mol. The first-order valence-electron chi connectivity index (χ1n) is 9.12. The number of hydrogen-bond acceptors (Lipinski definition) is 9. The van der Waals surface area contributed by atoms with E-state index < -0.39 is 45.8 Å². The Kier molecular flexibility index (Phi) is 6.94. The number of aromatic nitrogens is 2. The van der Waals surface area contributed by atoms with E-state index in [1.165, 1.54) is 36.4 Å². The van der Waals surface area contributed by atoms with E-state index in [1.807, 2.05) is 0 Å². The smallest absolute Gasteiger partial charge is 0.375 e. The van der Waals surface area contributed by atoms with Gasteiger partial charge in [0.1, 0.15) is 11.6 Å². The molecule has 0 spiro atoms. The lowest BCUT2D eigenvalue weighted by molar-refractivity contribution is -0.991. The van der Waals surface area contributed by atoms with Gasteiger partial charge in [-0.05, 0) is 24.3 Å². The standard InChI is InChI=1S/C20H15ClN4O8/c1-33-20(30)17(27)14(15-18(28)24-13-7-9(21)5-6-12(13)23-15)16(26)19(29)22-10-3-2-4-11(8-10)25(31)32/h2-8,14,25,31H,1H3,(H,22,29)(H,24,28). The highest BCUT2D eigenvalue weighted by Crippen LogP contribution is 2.20. The molecule has 2 aromatic carbocycles. The van der Waals surface area contributed by atoms with Gasteiger partial charge in [0.2, 0.25) is 5.78 Å². The maximum absolute atomic E-state index is 12.9. The molecule has 3 aromatic rings. The van der Waals surface area contributed by atoms with Gasteiger partial charge >= 0.3 is 5.97 Å². The molecule has 4 N–H and O–H groups in total. The zero-order valence-corrected chi connectivity index (χ0v) is 17.5. The average Bonchev–Trinajstić information content (AvgIpc) is 2.78. The number of benzene rings is 2. The molecular formula is C20H15ClN4O8. The van der Waals surface area contributed by atoms with Crippen LogP contribution in [-0.2, 0) is 23.9 Å². The Morgan fingerprint density at radius 3 is 2.58 bits per heavy atom. The minimum absolute atomic E-state index is 0.0625. The Morgan fingerprint density at radius 2 is 1.91 bits per heavy atom. The van der Waals surface area contributed by atoms with E-state index in [2.05, 4.69) is 20.0 Å². The van der Waals surface area contributed by atoms with Crippen molar-refractivity contribution in [3.8, 4) is 0 Å². The number of esters is 1. The third kappa shape index (κ3) is 5.10. The van der Waals surface area contributed by atoms with Crippen LogP contribution < -0.4 is 16.1 Å². The van der Waals surface area contributed by atoms with Crippen LogP contribution in [-0.4, -0.2) is 45.7 Å². The molecule has 170 valence electrons. The molecule has 0 radical (unpaired) electrons. The zero-order valence-electron chi connectivity index (χ0n) is 16.7. The van der Waals surface area contributed by atoms with Crippen molar-refractivity contribution in [3.05, 3.63) is 68.7 Å². The molecule has 0 saturated heterocycles. The van der Waals surface area contributed by atoms with E-state index in [4.69, 9.17) is 16.8 Å². The van der Waals surface area contributed by atoms with E-state index in [-0.39, 0.29) is 27.4 Å². The summed E-state index contributed by atoms with van der Waals surface area (Å²) in [6, 6.07) is 9.19. The van der Waals surface area contributed by atoms with Crippen molar-refractivity contribution in [2.24, 2.45) is 0 Å². The van der Waals surface area contributed by atoms with Crippen molar-refractivity contribution >= 4 is 57.5 Å². The van der Waals surface area contributed by atoms with Gasteiger partial charge in [-0.1, -0.05) is 17.7 Å². The maximum atomic E-state index is 12.9. The van der Waals surface area contributed by atoms with Crippen molar-refractivity contribution in [2.75, 3.05) is 12.4 Å². The van der Waals surface area contributed by atoms with Crippen LogP contribution >= 0.6 is 11.6 Å². The Bertz CT molecular complexity index is 1340. The van der Waals surface area contributed by atoms with Gasteiger partial charge in [0.15, 0.2) is 5.69 Å². The predicted octanol–water partition coefficient (Wildman–Crippen LogP) is 0.0134. The SMILES string of the molecule is COC(=O)C(=O)C(C(=O)C(=O)Nc1cccc([NH+]([O-])O)c1)c1nc2ccc(Cl)cc2[nH]c1=O. The van der Waals surface area contributed by atoms with Crippen LogP contribution in [0, 0.1) is 5.21 Å². The number of halogens is 1. The molecule has 2 unspecified atom stereocenters. The molecule has 1 aromatic heterocycles. The third-order valence-corrected chi connectivity index (χ3v) is 4.69. The second-order valence-electron chi connectivity index (χ2n) is 6.61. The number of methoxy groups -OCH3 is 1. The summed E-state index contributed by atoms with van der Waals surface area (Å²) in [4.78, 5) is 68.9. The van der Waals surface area contributed by atoms with E-state index in [0.717, 1.165) is 13.2 Å². The van der Waals surface area contributed by atoms with Gasteiger partial charge < -0.3 is 20.2 Å². The van der Waals surface area contributed by atoms with E-state index in [1.54, 1.807) is 0 Å². The first-order valence-corrected chi connectivity index (χ1v) is 9.50. The van der Waals surface area contributed by atoms with Crippen molar-refractivity contribution in [2.45, 2.75) is 5.92 Å². The molecule has 3 rings (SSSR count). The zero-order chi connectivity index (χ0) is 24.3. The van der Waals surface area contributed by atoms with Crippen molar-refractivity contribution in [3.63, 3.8) is 0 Å². The van der Waals surface area contributed by atoms with Gasteiger partial charge in [-0.15, -0.1) is 0 Å². The van der Waals surface area contributed by atoms with Crippen molar-refractivity contribution in [1.82, 2.24) is 9.97 Å². The number of aromatic amines is 1. The van der Waals surface area contributed by atoms with E-state index in [9.17, 15) is 29.2 Å². The second-order valence-corrected chi connectivity index (χ2v) is 7.04. The molecule has 33 heavy (non-hydrogen) atoms. The van der Waals surface area contributed by atoms with Crippen LogP contribution in [0.1, 0.15) is 11.6 Å². The van der Waals surface area contributed by atoms with Crippen LogP contribution in [0.25, 0.3) is 11.0 Å². The molecule has 0 aliphatic carbocycles. The first kappa shape index (κ1) is 23.7. The summed E-state index contributed by atoms with van der Waals surface area (Å²) in [7, 11) is 0.888. The molecule has 0 aliphatic heterocycles. The molecule has 0 aliphatic rings. The second kappa shape index (κ2) is 9.67. The number of carbonyl (C=O) groups is 4. The predicted molar refractivity (Wildman–Crippen MR) is 113 cm³/mol. The highest BCUT2D eigenvalue weighted by Gasteiger charge is 2.40. The summed E-state index contributed by atoms with van der Waals surface area (Å²) in [6.45, 7) is 0. The number of fused-ring (bicyclic) bond motifs is 1. The third-order valence-electron chi connectivity index (χ3n) is 4.46. The van der Waals surface area contributed by atoms with E-state index in [0.29, 0.717) is 0 Å². The lowest BCUT2D eigenvalue weighted by Gasteiger charge is -2.14. The van der Waals surface area contributed by atoms with Crippen LogP contribution in [0.15, 0.2) is 47.3 Å². The van der Waals surface area contributed by atoms with E-state index >= 15 is 0 Å². The summed E-state index contributed by atoms with van der Waals surface area (Å²) >= 11 is 5.87. The molecular weight excluding hydrogens is 460 g/mol. The van der Waals surface area contributed by atoms with Gasteiger partial charge in [-0.25, -0.2) is 15.0 Å². The summed E-state index contributed by atoms with van der Waals surface area (Å²) < 4.78 is 4.35. The molecule has 1 heterocycles. The fourth-order valence-corrected chi connectivity index (χ4v) is 3.08. The number of H-pyrrole nitrogens is 1. The summed E-state index contributed by atoms with van der Waals surface area (Å²) in [6.07, 6.45) is 0. The number of anilines is 1. The van der Waals surface area contributed by atoms with Gasteiger partial charge in [0.25, 0.3) is 17.2 Å². The Morgan fingerprint density at radius 1 is 1.18 bits per heavy atom. The summed E-state index contributed by atoms with van der Waals surface area (Å²) in [5.41, 5.74) is -1.59. The number of ether oxygens (including phenoxy) is 1. The molecule has 2 atom stereocenters. The Labute approximate surface area is 189 Å². The Hall–Kier alpha value is -3.97. The molecule has 13 heteroatoms. The van der Waals surface area contributed by atoms with Crippen LogP contribution in [0.3, 0.4) is 0 Å². The largest absolute Gasteiger partial charge is 0.595 e. The topological polar surface area (TPSA) is 183 Å². The molecule has 0 saturated carbocycles. The first-order chi connectivity index (χ1) is 15.6. The van der Waals surface area contributed by atoms with Crippen LogP contribution in [0.2, 0.25) is 5.02 Å². The fraction of sp³-hybridized carbons (Fsp3) is 0.100.